The molecule has 0 atom stereocenters. The Balaban J connectivity index is 0.000000130. The van der Waals surface area contributed by atoms with Crippen LogP contribution in [0.5, 0.6) is 0 Å². The van der Waals surface area contributed by atoms with E-state index >= 15 is 0 Å². The SMILES string of the molecule is CCCCS(=O)(=O)ON1C(=O)c2cccc3cccc(c23)C1=O.CCCS(=O)(=O)ON1C(=O)c2cccc3cccc(c23)C1=O.CCS(=O)(=O)ON1C(=O)c2cccc3cccc(c23)C1=O.CS(=O)(=O)ON1C(=O)c2cccc3cccc(c23)C1=O.Cc1ccc(S(=O)(=O)ON2C(=O)c3cccc4cccc(c34)C2=O)cc1.O=C1c2cccc3cccc(c23)C(=O)N1OS(=O)(=O)C(F)(F)F. The van der Waals surface area contributed by atoms with E-state index < -0.39 is 137 Å². The first-order valence-corrected chi connectivity index (χ1v) is 49.2. The zero-order chi connectivity index (χ0) is 97.7. The molecule has 6 heterocycles. The number of alkyl halides is 3. The van der Waals surface area contributed by atoms with E-state index in [2.05, 4.69) is 12.9 Å². The number of carbonyl (C=O) groups excluding carboxylic acids is 12. The second-order valence-corrected chi connectivity index (χ2v) is 39.5. The lowest BCUT2D eigenvalue weighted by atomic mass is 9.95. The minimum atomic E-state index is -6.15. The van der Waals surface area contributed by atoms with Crippen molar-refractivity contribution < 1.29 is 147 Å². The Kier molecular flexibility index (Phi) is 26.8. The molecule has 13 aromatic rings. The molecule has 135 heavy (non-hydrogen) atoms. The van der Waals surface area contributed by atoms with Gasteiger partial charge in [-0.05, 0) is 144 Å². The maximum atomic E-state index is 12.7. The molecule has 0 aromatic heterocycles. The van der Waals surface area contributed by atoms with Gasteiger partial charge in [-0.2, -0.15) is 63.7 Å². The number of nitrogens with zero attached hydrogens (tertiary/aromatic N) is 6. The van der Waals surface area contributed by atoms with Crippen LogP contribution in [0.25, 0.3) is 64.6 Å². The highest BCUT2D eigenvalue weighted by Gasteiger charge is 2.52. The Morgan fingerprint density at radius 1 is 0.259 bits per heavy atom. The van der Waals surface area contributed by atoms with Crippen LogP contribution in [0.3, 0.4) is 0 Å². The van der Waals surface area contributed by atoms with Gasteiger partial charge >= 0.3 is 25.7 Å². The molecule has 0 spiro atoms. The van der Waals surface area contributed by atoms with E-state index in [0.29, 0.717) is 71.8 Å². The number of unbranched alkanes of at least 4 members (excludes halogenated alkanes) is 1. The van der Waals surface area contributed by atoms with E-state index in [0.717, 1.165) is 38.8 Å². The van der Waals surface area contributed by atoms with Crippen LogP contribution in [0.4, 0.5) is 13.2 Å². The summed E-state index contributed by atoms with van der Waals surface area (Å²) in [4.78, 5) is 148. The van der Waals surface area contributed by atoms with Gasteiger partial charge in [-0.3, -0.25) is 57.5 Å². The molecule has 6 aliphatic heterocycles. The average Bonchev–Trinajstić information content (AvgIpc) is 0.764. The van der Waals surface area contributed by atoms with Crippen molar-refractivity contribution in [2.45, 2.75) is 57.4 Å². The van der Waals surface area contributed by atoms with Crippen molar-refractivity contribution >= 4 is 196 Å². The van der Waals surface area contributed by atoms with Crippen molar-refractivity contribution in [3.63, 3.8) is 0 Å². The van der Waals surface area contributed by atoms with Crippen LogP contribution in [-0.4, -0.2) is 181 Å². The summed E-state index contributed by atoms with van der Waals surface area (Å²) in [7, 11) is -26.4. The Hall–Kier alpha value is -14.5. The topological polar surface area (TPSA) is 484 Å². The van der Waals surface area contributed by atoms with Gasteiger partial charge in [0, 0.05) is 32.3 Å². The first kappa shape index (κ1) is 96.6. The molecule has 19 rings (SSSR count). The number of amides is 12. The molecular formula is C90H67F3N6O30S6. The van der Waals surface area contributed by atoms with Crippen LogP contribution in [0.15, 0.2) is 248 Å². The Bertz CT molecular complexity index is 7760. The molecule has 0 fully saturated rings. The fourth-order valence-electron chi connectivity index (χ4n) is 14.6. The zero-order valence-electron chi connectivity index (χ0n) is 70.4. The van der Waals surface area contributed by atoms with Crippen molar-refractivity contribution in [1.29, 1.82) is 0 Å². The van der Waals surface area contributed by atoms with Crippen LogP contribution < -0.4 is 0 Å². The highest BCUT2D eigenvalue weighted by atomic mass is 32.2. The highest BCUT2D eigenvalue weighted by Crippen LogP contribution is 2.39. The molecule has 6 aliphatic rings. The van der Waals surface area contributed by atoms with Crippen LogP contribution >= 0.6 is 0 Å². The summed E-state index contributed by atoms with van der Waals surface area (Å²) in [6.45, 7) is 6.68. The molecule has 0 bridgehead atoms. The van der Waals surface area contributed by atoms with Gasteiger partial charge in [-0.25, -0.2) is 0 Å². The summed E-state index contributed by atoms with van der Waals surface area (Å²) < 4.78 is 205. The Morgan fingerprint density at radius 2 is 0.467 bits per heavy atom. The minimum Gasteiger partial charge on any atom is -0.266 e. The van der Waals surface area contributed by atoms with Gasteiger partial charge < -0.3 is 0 Å². The van der Waals surface area contributed by atoms with E-state index in [4.69, 9.17) is 12.9 Å². The molecule has 45 heteroatoms. The van der Waals surface area contributed by atoms with E-state index in [1.807, 2.05) is 13.8 Å². The number of hydroxylamine groups is 12. The Morgan fingerprint density at radius 3 is 0.674 bits per heavy atom. The van der Waals surface area contributed by atoms with Crippen molar-refractivity contribution in [1.82, 2.24) is 30.4 Å². The summed E-state index contributed by atoms with van der Waals surface area (Å²) in [5.74, 6) is -11.2. The predicted molar refractivity (Wildman–Crippen MR) is 474 cm³/mol. The monoisotopic (exact) mass is 1960 g/mol. The Labute approximate surface area is 764 Å². The molecule has 13 aromatic carbocycles. The van der Waals surface area contributed by atoms with E-state index in [9.17, 15) is 121 Å². The molecule has 12 amide bonds. The summed E-state index contributed by atoms with van der Waals surface area (Å²) in [5, 5.41) is 8.22. The van der Waals surface area contributed by atoms with E-state index in [1.165, 1.54) is 79.7 Å². The summed E-state index contributed by atoms with van der Waals surface area (Å²) >= 11 is 0. The molecular weight excluding hydrogens is 1890 g/mol. The second kappa shape index (κ2) is 37.5. The standard InChI is InChI=1S/C19H13NO5S.C16H15NO5S.C15H13NO5S.C14H11NO5S.C13H6F3NO5S.C13H9NO5S/c1-12-8-10-14(11-9-12)26(23,24)25-20-18(21)15-6-2-4-13-5-3-7-16(17(13)15)19(20)22;1-2-3-10-23(20,21)22-17-15(18)12-8-4-6-11-7-5-9-13(14(11)12)16(17)19;1-2-9-22(19,20)21-16-14(17)11-7-3-5-10-6-4-8-12(13(10)11)15(16)18;1-2-21(18,19)20-15-13(16)10-7-3-5-9-6-4-8-11(12(9)10)14(15)17;14-13(15,16)23(20,21)22-17-11(18)8-5-1-3-7-4-2-6-9(10(7)8)12(17)19;1-20(17,18)19-14-12(15)9-6-2-4-8-5-3-7-10(11(8)9)13(14)16/h2-11H,1H3;4-9H,2-3,10H2,1H3;3-8H,2,9H2,1H3;3-8H,2H2,1H3;1-6H;2-7H,1H3. The van der Waals surface area contributed by atoms with Crippen LogP contribution in [0, 0.1) is 6.92 Å². The van der Waals surface area contributed by atoms with Crippen molar-refractivity contribution in [2.24, 2.45) is 0 Å². The van der Waals surface area contributed by atoms with Gasteiger partial charge in [0.25, 0.3) is 111 Å². The van der Waals surface area contributed by atoms with E-state index in [1.54, 1.807) is 177 Å². The average molecular weight is 1960 g/mol. The quantitative estimate of drug-likeness (QED) is 0.0536. The number of imide groups is 6. The number of halogens is 3. The normalized spacial score (nSPS) is 14.7. The number of benzene rings is 13. The van der Waals surface area contributed by atoms with Crippen molar-refractivity contribution in [3.8, 4) is 0 Å². The number of aryl methyl sites for hydroxylation is 1. The van der Waals surface area contributed by atoms with Gasteiger partial charge in [0.2, 0.25) is 0 Å². The molecule has 694 valence electrons. The lowest BCUT2D eigenvalue weighted by Crippen LogP contribution is -2.44. The van der Waals surface area contributed by atoms with Crippen LogP contribution in [0.2, 0.25) is 0 Å². The summed E-state index contributed by atoms with van der Waals surface area (Å²) in [6, 6.07) is 64.5. The number of hydrogen-bond acceptors (Lipinski definition) is 30. The van der Waals surface area contributed by atoms with Gasteiger partial charge in [0.05, 0.1) is 95.2 Å². The first-order chi connectivity index (χ1) is 63.7. The maximum Gasteiger partial charge on any atom is 0.525 e. The molecule has 0 saturated heterocycles. The molecule has 0 saturated carbocycles. The third kappa shape index (κ3) is 19.3. The van der Waals surface area contributed by atoms with Crippen LogP contribution in [0.1, 0.15) is 170 Å². The molecule has 36 nitrogen and oxygen atoms in total. The molecule has 0 unspecified atom stereocenters. The lowest BCUT2D eigenvalue weighted by Gasteiger charge is -2.25. The van der Waals surface area contributed by atoms with Gasteiger partial charge in [-0.15, -0.1) is 56.1 Å². The first-order valence-electron chi connectivity index (χ1n) is 39.8. The number of carbonyl (C=O) groups is 12. The lowest BCUT2D eigenvalue weighted by molar-refractivity contribution is -0.0762. The van der Waals surface area contributed by atoms with Gasteiger partial charge in [-0.1, -0.05) is 184 Å². The molecule has 0 N–H and O–H groups in total. The maximum absolute atomic E-state index is 12.7. The zero-order valence-corrected chi connectivity index (χ0v) is 75.2. The summed E-state index contributed by atoms with van der Waals surface area (Å²) in [6.07, 6.45) is 2.15. The van der Waals surface area contributed by atoms with Gasteiger partial charge in [0.15, 0.2) is 0 Å². The molecule has 0 radical (unpaired) electrons. The highest BCUT2D eigenvalue weighted by molar-refractivity contribution is 7.88. The second-order valence-electron chi connectivity index (χ2n) is 29.7. The molecule has 0 aliphatic carbocycles. The van der Waals surface area contributed by atoms with Crippen molar-refractivity contribution in [2.75, 3.05) is 23.5 Å². The number of hydrogen-bond donors (Lipinski definition) is 0. The van der Waals surface area contributed by atoms with Crippen LogP contribution in [-0.2, 0) is 86.4 Å². The smallest absolute Gasteiger partial charge is 0.266 e. The third-order valence-corrected chi connectivity index (χ3v) is 26.7. The third-order valence-electron chi connectivity index (χ3n) is 20.7. The van der Waals surface area contributed by atoms with Gasteiger partial charge in [0.1, 0.15) is 0 Å². The van der Waals surface area contributed by atoms with Crippen molar-refractivity contribution in [3.05, 3.63) is 315 Å². The predicted octanol–water partition coefficient (Wildman–Crippen LogP) is 12.9. The fraction of sp³-hybridized carbons (Fsp3) is 0.133. The summed E-state index contributed by atoms with van der Waals surface area (Å²) in [5.41, 5.74) is -2.75. The minimum absolute atomic E-state index is 0.130. The fourth-order valence-corrected chi connectivity index (χ4v) is 18.8. The number of rotatable bonds is 19. The van der Waals surface area contributed by atoms with E-state index in [-0.39, 0.29) is 104 Å². The largest absolute Gasteiger partial charge is 0.525 e.